The van der Waals surface area contributed by atoms with Crippen molar-refractivity contribution in [1.29, 1.82) is 0 Å². The van der Waals surface area contributed by atoms with Crippen LogP contribution in [0.4, 0.5) is 11.4 Å². The van der Waals surface area contributed by atoms with Crippen molar-refractivity contribution in [3.8, 4) is 0 Å². The number of benzene rings is 1. The van der Waals surface area contributed by atoms with Crippen LogP contribution in [-0.2, 0) is 0 Å². The highest BCUT2D eigenvalue weighted by Gasteiger charge is 2.06. The number of nitrogens with one attached hydrogen (secondary N) is 1. The van der Waals surface area contributed by atoms with Crippen molar-refractivity contribution in [3.63, 3.8) is 0 Å². The number of carbonyl (C=O) groups excluding carboxylic acids is 1. The van der Waals surface area contributed by atoms with Gasteiger partial charge in [-0.05, 0) is 43.0 Å². The van der Waals surface area contributed by atoms with E-state index in [1.807, 2.05) is 17.8 Å². The maximum Gasteiger partial charge on any atom is 0.250 e. The zero-order chi connectivity index (χ0) is 12.7. The lowest BCUT2D eigenvalue weighted by Crippen LogP contribution is -2.14. The summed E-state index contributed by atoms with van der Waals surface area (Å²) in [7, 11) is 0. The Bertz CT molecular complexity index is 382. The van der Waals surface area contributed by atoms with E-state index in [9.17, 15) is 4.79 Å². The lowest BCUT2D eigenvalue weighted by molar-refractivity contribution is 0.100. The van der Waals surface area contributed by atoms with Gasteiger partial charge in [0, 0.05) is 17.9 Å². The number of hydrogen-bond donors (Lipinski definition) is 3. The van der Waals surface area contributed by atoms with Gasteiger partial charge >= 0.3 is 0 Å². The van der Waals surface area contributed by atoms with Crippen LogP contribution in [-0.4, -0.2) is 24.5 Å². The number of primary amides is 1. The molecule has 0 spiro atoms. The summed E-state index contributed by atoms with van der Waals surface area (Å²) in [6, 6.07) is 5.26. The average Bonchev–Trinajstić information content (AvgIpc) is 2.30. The molecule has 1 aromatic carbocycles. The second kappa shape index (κ2) is 7.06. The molecule has 0 aliphatic rings. The highest BCUT2D eigenvalue weighted by molar-refractivity contribution is 7.98. The number of carbonyl (C=O) groups is 1. The van der Waals surface area contributed by atoms with Gasteiger partial charge in [-0.25, -0.2) is 0 Å². The van der Waals surface area contributed by atoms with Gasteiger partial charge in [0.2, 0.25) is 0 Å². The van der Waals surface area contributed by atoms with Crippen LogP contribution in [0.2, 0.25) is 0 Å². The van der Waals surface area contributed by atoms with E-state index in [0.29, 0.717) is 11.3 Å². The Morgan fingerprint density at radius 1 is 1.41 bits per heavy atom. The molecule has 0 saturated heterocycles. The van der Waals surface area contributed by atoms with E-state index < -0.39 is 5.91 Å². The van der Waals surface area contributed by atoms with Crippen LogP contribution in [0.25, 0.3) is 0 Å². The van der Waals surface area contributed by atoms with Crippen LogP contribution < -0.4 is 16.8 Å². The highest BCUT2D eigenvalue weighted by atomic mass is 32.2. The number of nitrogens with two attached hydrogens (primary N) is 2. The van der Waals surface area contributed by atoms with Crippen LogP contribution >= 0.6 is 11.8 Å². The Kier molecular flexibility index (Phi) is 5.69. The summed E-state index contributed by atoms with van der Waals surface area (Å²) in [5.41, 5.74) is 12.6. The number of rotatable bonds is 7. The summed E-state index contributed by atoms with van der Waals surface area (Å²) in [5.74, 6) is 0.684. The van der Waals surface area contributed by atoms with E-state index in [2.05, 4.69) is 11.6 Å². The minimum atomic E-state index is -0.492. The minimum absolute atomic E-state index is 0.374. The first-order valence-corrected chi connectivity index (χ1v) is 6.96. The molecule has 0 radical (unpaired) electrons. The molecule has 0 bridgehead atoms. The Morgan fingerprint density at radius 3 is 2.82 bits per heavy atom. The number of amides is 1. The van der Waals surface area contributed by atoms with Gasteiger partial charge in [-0.15, -0.1) is 0 Å². The van der Waals surface area contributed by atoms with Gasteiger partial charge in [0.25, 0.3) is 5.91 Å². The van der Waals surface area contributed by atoms with E-state index in [0.717, 1.165) is 18.7 Å². The summed E-state index contributed by atoms with van der Waals surface area (Å²) in [6.45, 7) is 0.892. The number of thioether (sulfide) groups is 1. The fourth-order valence-electron chi connectivity index (χ4n) is 1.48. The van der Waals surface area contributed by atoms with Crippen LogP contribution in [0.15, 0.2) is 18.2 Å². The topological polar surface area (TPSA) is 81.1 Å². The van der Waals surface area contributed by atoms with E-state index in [1.54, 1.807) is 12.1 Å². The lowest BCUT2D eigenvalue weighted by Gasteiger charge is -2.08. The van der Waals surface area contributed by atoms with Gasteiger partial charge in [-0.2, -0.15) is 11.8 Å². The standard InChI is InChI=1S/C12H19N3OS/c1-17-7-3-2-6-15-9-4-5-11(13)10(8-9)12(14)16/h4-5,8,15H,2-3,6-7,13H2,1H3,(H2,14,16). The first-order chi connectivity index (χ1) is 8.15. The average molecular weight is 253 g/mol. The molecule has 0 aliphatic heterocycles. The molecular formula is C12H19N3OS. The number of anilines is 2. The van der Waals surface area contributed by atoms with Crippen molar-refractivity contribution in [2.75, 3.05) is 29.6 Å². The van der Waals surface area contributed by atoms with E-state index in [-0.39, 0.29) is 0 Å². The smallest absolute Gasteiger partial charge is 0.250 e. The third-order valence-corrected chi connectivity index (χ3v) is 3.12. The summed E-state index contributed by atoms with van der Waals surface area (Å²) in [5, 5.41) is 3.25. The second-order valence-electron chi connectivity index (χ2n) is 3.79. The van der Waals surface area contributed by atoms with E-state index >= 15 is 0 Å². The van der Waals surface area contributed by atoms with E-state index in [4.69, 9.17) is 11.5 Å². The zero-order valence-electron chi connectivity index (χ0n) is 10.0. The maximum absolute atomic E-state index is 11.1. The van der Waals surface area contributed by atoms with Gasteiger partial charge in [0.05, 0.1) is 5.56 Å². The summed E-state index contributed by atoms with van der Waals surface area (Å²) >= 11 is 1.85. The predicted octanol–water partition coefficient (Wildman–Crippen LogP) is 1.92. The molecule has 1 rings (SSSR count). The maximum atomic E-state index is 11.1. The molecule has 4 nitrogen and oxygen atoms in total. The first kappa shape index (κ1) is 13.7. The number of unbranched alkanes of at least 4 members (excludes halogenated alkanes) is 1. The molecule has 17 heavy (non-hydrogen) atoms. The monoisotopic (exact) mass is 253 g/mol. The molecule has 0 aliphatic carbocycles. The summed E-state index contributed by atoms with van der Waals surface area (Å²) in [4.78, 5) is 11.1. The molecule has 5 heteroatoms. The molecule has 0 unspecified atom stereocenters. The minimum Gasteiger partial charge on any atom is -0.398 e. The Labute approximate surface area is 106 Å². The van der Waals surface area contributed by atoms with Crippen molar-refractivity contribution in [2.45, 2.75) is 12.8 Å². The van der Waals surface area contributed by atoms with Gasteiger partial charge in [-0.3, -0.25) is 4.79 Å². The molecule has 0 saturated carbocycles. The van der Waals surface area contributed by atoms with Crippen molar-refractivity contribution < 1.29 is 4.79 Å². The molecule has 0 heterocycles. The molecule has 1 amide bonds. The quantitative estimate of drug-likeness (QED) is 0.512. The van der Waals surface area contributed by atoms with Gasteiger partial charge in [0.15, 0.2) is 0 Å². The van der Waals surface area contributed by atoms with Gasteiger partial charge in [0.1, 0.15) is 0 Å². The van der Waals surface area contributed by atoms with Crippen molar-refractivity contribution in [1.82, 2.24) is 0 Å². The lowest BCUT2D eigenvalue weighted by atomic mass is 10.1. The molecule has 1 aromatic rings. The second-order valence-corrected chi connectivity index (χ2v) is 4.78. The third-order valence-electron chi connectivity index (χ3n) is 2.42. The van der Waals surface area contributed by atoms with Crippen LogP contribution in [0.1, 0.15) is 23.2 Å². The summed E-state index contributed by atoms with van der Waals surface area (Å²) < 4.78 is 0. The summed E-state index contributed by atoms with van der Waals surface area (Å²) in [6.07, 6.45) is 4.40. The van der Waals surface area contributed by atoms with Crippen LogP contribution in [0.3, 0.4) is 0 Å². The first-order valence-electron chi connectivity index (χ1n) is 5.57. The fraction of sp³-hybridized carbons (Fsp3) is 0.417. The van der Waals surface area contributed by atoms with Crippen molar-refractivity contribution in [3.05, 3.63) is 23.8 Å². The fourth-order valence-corrected chi connectivity index (χ4v) is 1.98. The number of hydrogen-bond acceptors (Lipinski definition) is 4. The largest absolute Gasteiger partial charge is 0.398 e. The third kappa shape index (κ3) is 4.56. The Hall–Kier alpha value is -1.36. The molecule has 94 valence electrons. The Morgan fingerprint density at radius 2 is 2.18 bits per heavy atom. The normalized spacial score (nSPS) is 10.2. The van der Waals surface area contributed by atoms with Crippen LogP contribution in [0, 0.1) is 0 Å². The predicted molar refractivity (Wildman–Crippen MR) is 75.5 cm³/mol. The van der Waals surface area contributed by atoms with Crippen molar-refractivity contribution in [2.24, 2.45) is 5.73 Å². The highest BCUT2D eigenvalue weighted by Crippen LogP contribution is 2.17. The SMILES string of the molecule is CSCCCCNc1ccc(N)c(C(N)=O)c1. The van der Waals surface area contributed by atoms with Crippen LogP contribution in [0.5, 0.6) is 0 Å². The van der Waals surface area contributed by atoms with Gasteiger partial charge < -0.3 is 16.8 Å². The molecule has 0 atom stereocenters. The molecule has 5 N–H and O–H groups in total. The molecular weight excluding hydrogens is 234 g/mol. The Balaban J connectivity index is 2.49. The molecule has 0 aromatic heterocycles. The zero-order valence-corrected chi connectivity index (χ0v) is 10.8. The number of nitrogen functional groups attached to an aromatic ring is 1. The van der Waals surface area contributed by atoms with E-state index in [1.165, 1.54) is 12.2 Å². The molecule has 0 fully saturated rings. The van der Waals surface area contributed by atoms with Crippen molar-refractivity contribution >= 4 is 29.0 Å². The van der Waals surface area contributed by atoms with Gasteiger partial charge in [-0.1, -0.05) is 0 Å².